The molecule has 0 rings (SSSR count). The van der Waals surface area contributed by atoms with Crippen molar-refractivity contribution in [2.75, 3.05) is 75.8 Å². The first kappa shape index (κ1) is 22.1. The molecule has 0 aromatic heterocycles. The fourth-order valence-electron chi connectivity index (χ4n) is 3.57. The number of aliphatic hydroxyl groups is 1. The van der Waals surface area contributed by atoms with Gasteiger partial charge < -0.3 is 14.9 Å². The van der Waals surface area contributed by atoms with E-state index in [-0.39, 0.29) is 5.91 Å². The van der Waals surface area contributed by atoms with Crippen molar-refractivity contribution < 1.29 is 23.4 Å². The van der Waals surface area contributed by atoms with Gasteiger partial charge in [-0.1, -0.05) is 6.58 Å². The molecule has 0 bridgehead atoms. The Morgan fingerprint density at radius 1 is 1.04 bits per heavy atom. The van der Waals surface area contributed by atoms with E-state index in [9.17, 15) is 9.90 Å². The van der Waals surface area contributed by atoms with E-state index in [0.29, 0.717) is 34.3 Å². The lowest BCUT2D eigenvalue weighted by molar-refractivity contribution is -1.07. The van der Waals surface area contributed by atoms with E-state index >= 15 is 0 Å². The SMILES string of the molecule is C=C(C)C(=O)NC[N+](C)(C)C[N+](C)(C)CC(C)(O)C[N+](C)(C)C. The molecule has 0 radical (unpaired) electrons. The maximum absolute atomic E-state index is 11.7. The molecular weight excluding hydrogens is 292 g/mol. The van der Waals surface area contributed by atoms with Gasteiger partial charge >= 0.3 is 0 Å². The van der Waals surface area contributed by atoms with Crippen LogP contribution in [0, 0.1) is 0 Å². The van der Waals surface area contributed by atoms with E-state index in [1.54, 1.807) is 6.92 Å². The van der Waals surface area contributed by atoms with Gasteiger partial charge in [0, 0.05) is 5.57 Å². The molecule has 1 amide bonds. The number of carbonyl (C=O) groups excluding carboxylic acids is 1. The molecule has 0 aliphatic carbocycles. The quantitative estimate of drug-likeness (QED) is 0.360. The molecule has 136 valence electrons. The highest BCUT2D eigenvalue weighted by atomic mass is 16.3. The Morgan fingerprint density at radius 2 is 1.52 bits per heavy atom. The average Bonchev–Trinajstić information content (AvgIpc) is 2.18. The van der Waals surface area contributed by atoms with Crippen LogP contribution in [0.3, 0.4) is 0 Å². The third-order valence-corrected chi connectivity index (χ3v) is 3.40. The largest absolute Gasteiger partial charge is 0.379 e. The topological polar surface area (TPSA) is 49.3 Å². The van der Waals surface area contributed by atoms with Crippen LogP contribution in [0.25, 0.3) is 0 Å². The Balaban J connectivity index is 4.76. The zero-order chi connectivity index (χ0) is 18.7. The highest BCUT2D eigenvalue weighted by molar-refractivity contribution is 5.91. The summed E-state index contributed by atoms with van der Waals surface area (Å²) in [6.45, 7) is 9.93. The molecule has 0 aromatic carbocycles. The minimum Gasteiger partial charge on any atom is -0.379 e. The van der Waals surface area contributed by atoms with Gasteiger partial charge in [0.15, 0.2) is 12.3 Å². The maximum Gasteiger partial charge on any atom is 0.250 e. The van der Waals surface area contributed by atoms with Crippen LogP contribution in [-0.4, -0.2) is 106 Å². The number of carbonyl (C=O) groups is 1. The summed E-state index contributed by atoms with van der Waals surface area (Å²) in [6, 6.07) is 0. The van der Waals surface area contributed by atoms with Crippen molar-refractivity contribution in [3.05, 3.63) is 12.2 Å². The molecule has 2 N–H and O–H groups in total. The van der Waals surface area contributed by atoms with Gasteiger partial charge in [-0.05, 0) is 13.8 Å². The lowest BCUT2D eigenvalue weighted by Crippen LogP contribution is -2.64. The Hall–Kier alpha value is -0.950. The molecule has 0 spiro atoms. The monoisotopic (exact) mass is 331 g/mol. The van der Waals surface area contributed by atoms with Gasteiger partial charge in [0.25, 0.3) is 5.91 Å². The number of amides is 1. The third-order valence-electron chi connectivity index (χ3n) is 3.40. The fourth-order valence-corrected chi connectivity index (χ4v) is 3.57. The highest BCUT2D eigenvalue weighted by Crippen LogP contribution is 2.16. The van der Waals surface area contributed by atoms with Gasteiger partial charge in [0.2, 0.25) is 6.67 Å². The van der Waals surface area contributed by atoms with E-state index in [2.05, 4.69) is 61.2 Å². The molecule has 1 unspecified atom stereocenters. The van der Waals surface area contributed by atoms with Crippen LogP contribution >= 0.6 is 0 Å². The molecule has 0 aromatic rings. The van der Waals surface area contributed by atoms with Crippen LogP contribution < -0.4 is 5.32 Å². The van der Waals surface area contributed by atoms with Crippen LogP contribution in [0.4, 0.5) is 0 Å². The summed E-state index contributed by atoms with van der Waals surface area (Å²) in [7, 11) is 14.6. The molecule has 0 aliphatic heterocycles. The number of nitrogens with zero attached hydrogens (tertiary/aromatic N) is 3. The van der Waals surface area contributed by atoms with Crippen molar-refractivity contribution in [2.24, 2.45) is 0 Å². The Kier molecular flexibility index (Phi) is 7.00. The smallest absolute Gasteiger partial charge is 0.250 e. The molecular formula is C17H39N4O2+3. The maximum atomic E-state index is 11.7. The van der Waals surface area contributed by atoms with Crippen molar-refractivity contribution in [1.29, 1.82) is 0 Å². The number of hydrogen-bond donors (Lipinski definition) is 2. The molecule has 0 heterocycles. The lowest BCUT2D eigenvalue weighted by atomic mass is 10.0. The van der Waals surface area contributed by atoms with E-state index in [1.165, 1.54) is 0 Å². The van der Waals surface area contributed by atoms with Crippen LogP contribution in [0.15, 0.2) is 12.2 Å². The van der Waals surface area contributed by atoms with E-state index in [4.69, 9.17) is 0 Å². The van der Waals surface area contributed by atoms with Crippen molar-refractivity contribution >= 4 is 5.91 Å². The van der Waals surface area contributed by atoms with E-state index < -0.39 is 5.60 Å². The molecule has 6 nitrogen and oxygen atoms in total. The molecule has 23 heavy (non-hydrogen) atoms. The predicted molar refractivity (Wildman–Crippen MR) is 95.3 cm³/mol. The molecule has 0 saturated carbocycles. The van der Waals surface area contributed by atoms with Gasteiger partial charge in [-0.3, -0.25) is 13.8 Å². The molecule has 0 aliphatic rings. The standard InChI is InChI=1S/C17H38N4O2/c1-15(2)16(22)18-13-21(9,10)14-20(7,8)12-17(3,23)11-19(4,5)6/h23H,1,11-14H2,2-10H3/q+2/p+1. The van der Waals surface area contributed by atoms with Crippen LogP contribution in [0.2, 0.25) is 0 Å². The summed E-state index contributed by atoms with van der Waals surface area (Å²) in [6.07, 6.45) is 0. The summed E-state index contributed by atoms with van der Waals surface area (Å²) in [5.41, 5.74) is -0.229. The van der Waals surface area contributed by atoms with Gasteiger partial charge in [-0.25, -0.2) is 0 Å². The Bertz CT molecular complexity index is 434. The highest BCUT2D eigenvalue weighted by Gasteiger charge is 2.38. The summed E-state index contributed by atoms with van der Waals surface area (Å²) in [5.74, 6) is -0.112. The minimum absolute atomic E-state index is 0.112. The summed E-state index contributed by atoms with van der Waals surface area (Å²) >= 11 is 0. The lowest BCUT2D eigenvalue weighted by Gasteiger charge is -2.42. The van der Waals surface area contributed by atoms with Crippen LogP contribution in [0.5, 0.6) is 0 Å². The molecule has 0 saturated heterocycles. The Morgan fingerprint density at radius 3 is 1.91 bits per heavy atom. The number of likely N-dealkylation sites (N-methyl/N-ethyl adjacent to an activating group) is 2. The number of hydrogen-bond acceptors (Lipinski definition) is 2. The first-order valence-electron chi connectivity index (χ1n) is 8.05. The fraction of sp³-hybridized carbons (Fsp3) is 0.824. The zero-order valence-corrected chi connectivity index (χ0v) is 16.7. The summed E-state index contributed by atoms with van der Waals surface area (Å²) in [4.78, 5) is 11.7. The first-order valence-corrected chi connectivity index (χ1v) is 8.05. The normalized spacial score (nSPS) is 15.9. The van der Waals surface area contributed by atoms with E-state index in [0.717, 1.165) is 11.2 Å². The second-order valence-corrected chi connectivity index (χ2v) is 9.56. The van der Waals surface area contributed by atoms with Crippen molar-refractivity contribution in [2.45, 2.75) is 19.4 Å². The average molecular weight is 332 g/mol. The molecule has 0 fully saturated rings. The van der Waals surface area contributed by atoms with Gasteiger partial charge in [-0.2, -0.15) is 0 Å². The summed E-state index contributed by atoms with van der Waals surface area (Å²) < 4.78 is 2.02. The minimum atomic E-state index is -0.747. The van der Waals surface area contributed by atoms with Crippen molar-refractivity contribution in [3.8, 4) is 0 Å². The third kappa shape index (κ3) is 10.4. The van der Waals surface area contributed by atoms with Gasteiger partial charge in [0.05, 0.1) is 49.3 Å². The second-order valence-electron chi connectivity index (χ2n) is 9.56. The van der Waals surface area contributed by atoms with Gasteiger partial charge in [-0.15, -0.1) is 0 Å². The molecule has 1 atom stereocenters. The van der Waals surface area contributed by atoms with Crippen molar-refractivity contribution in [1.82, 2.24) is 5.32 Å². The van der Waals surface area contributed by atoms with Gasteiger partial charge in [0.1, 0.15) is 13.1 Å². The van der Waals surface area contributed by atoms with Crippen LogP contribution in [0.1, 0.15) is 13.8 Å². The van der Waals surface area contributed by atoms with E-state index in [1.807, 2.05) is 6.92 Å². The molecule has 6 heteroatoms. The second kappa shape index (κ2) is 7.30. The number of quaternary nitrogens is 3. The van der Waals surface area contributed by atoms with Crippen LogP contribution in [-0.2, 0) is 4.79 Å². The number of rotatable bonds is 9. The summed E-state index contributed by atoms with van der Waals surface area (Å²) in [5, 5.41) is 13.7. The zero-order valence-electron chi connectivity index (χ0n) is 16.7. The first-order chi connectivity index (χ1) is 9.95. The number of nitrogens with one attached hydrogen (secondary N) is 1. The Labute approximate surface area is 142 Å². The predicted octanol–water partition coefficient (Wildman–Crippen LogP) is 0.204. The van der Waals surface area contributed by atoms with Crippen molar-refractivity contribution in [3.63, 3.8) is 0 Å².